The van der Waals surface area contributed by atoms with E-state index in [1.54, 1.807) is 7.05 Å². The van der Waals surface area contributed by atoms with Crippen molar-refractivity contribution in [3.05, 3.63) is 18.0 Å². The van der Waals surface area contributed by atoms with Crippen LogP contribution in [0.1, 0.15) is 30.8 Å². The van der Waals surface area contributed by atoms with Crippen LogP contribution in [0.25, 0.3) is 0 Å². The first kappa shape index (κ1) is 21.4. The summed E-state index contributed by atoms with van der Waals surface area (Å²) in [6.45, 7) is 5.09. The number of nitrogens with zero attached hydrogens (tertiary/aromatic N) is 2. The first-order chi connectivity index (χ1) is 12.7. The zero-order chi connectivity index (χ0) is 20.2. The van der Waals surface area contributed by atoms with Gasteiger partial charge in [0.15, 0.2) is 0 Å². The molecule has 1 amide bonds. The predicted octanol–water partition coefficient (Wildman–Crippen LogP) is 0.364. The molecule has 1 saturated heterocycles. The maximum Gasteiger partial charge on any atom is 0.328 e. The Morgan fingerprint density at radius 1 is 1.30 bits per heavy atom. The van der Waals surface area contributed by atoms with Crippen LogP contribution in [0.5, 0.6) is 0 Å². The molecule has 0 aromatic carbocycles. The number of nitrogens with one attached hydrogen (secondary N) is 1. The Labute approximate surface area is 159 Å². The van der Waals surface area contributed by atoms with Crippen molar-refractivity contribution >= 4 is 21.9 Å². The fraction of sp³-hybridized carbons (Fsp3) is 0.647. The molecule has 9 nitrogen and oxygen atoms in total. The maximum atomic E-state index is 12.7. The molecule has 1 N–H and O–H groups in total. The number of sulfonamides is 1. The molecule has 0 radical (unpaired) electrons. The largest absolute Gasteiger partial charge is 0.467 e. The lowest BCUT2D eigenvalue weighted by molar-refractivity contribution is -0.143. The van der Waals surface area contributed by atoms with Crippen LogP contribution in [0.4, 0.5) is 0 Å². The summed E-state index contributed by atoms with van der Waals surface area (Å²) in [6, 6.07) is 0.529. The summed E-state index contributed by atoms with van der Waals surface area (Å²) < 4.78 is 38.2. The van der Waals surface area contributed by atoms with Gasteiger partial charge in [-0.2, -0.15) is 4.31 Å². The summed E-state index contributed by atoms with van der Waals surface area (Å²) in [7, 11) is -0.857. The molecular formula is C17H27N3O6S. The van der Waals surface area contributed by atoms with Gasteiger partial charge >= 0.3 is 5.97 Å². The number of esters is 1. The van der Waals surface area contributed by atoms with E-state index in [2.05, 4.69) is 5.32 Å². The monoisotopic (exact) mass is 401 g/mol. The fourth-order valence-corrected chi connectivity index (χ4v) is 4.38. The number of hydrogen-bond donors (Lipinski definition) is 1. The average Bonchev–Trinajstić information content (AvgIpc) is 3.03. The van der Waals surface area contributed by atoms with E-state index < -0.39 is 27.9 Å². The number of carbonyl (C=O) groups excluding carboxylic acids is 2. The molecule has 2 heterocycles. The predicted molar refractivity (Wildman–Crippen MR) is 97.7 cm³/mol. The van der Waals surface area contributed by atoms with E-state index in [0.29, 0.717) is 19.6 Å². The van der Waals surface area contributed by atoms with Crippen LogP contribution < -0.4 is 5.32 Å². The third-order valence-electron chi connectivity index (χ3n) is 4.32. The molecule has 0 bridgehead atoms. The van der Waals surface area contributed by atoms with E-state index in [1.165, 1.54) is 28.2 Å². The Hall–Kier alpha value is -1.91. The number of aromatic nitrogens is 1. The van der Waals surface area contributed by atoms with E-state index in [9.17, 15) is 18.0 Å². The molecule has 1 aromatic heterocycles. The normalized spacial score (nSPS) is 16.9. The van der Waals surface area contributed by atoms with Crippen LogP contribution in [-0.2, 0) is 31.3 Å². The van der Waals surface area contributed by atoms with E-state index in [0.717, 1.165) is 0 Å². The van der Waals surface area contributed by atoms with Gasteiger partial charge in [-0.25, -0.2) is 13.2 Å². The molecule has 2 rings (SSSR count). The second-order valence-electron chi connectivity index (χ2n) is 6.87. The quantitative estimate of drug-likeness (QED) is 0.662. The molecule has 152 valence electrons. The lowest BCUT2D eigenvalue weighted by Gasteiger charge is -2.25. The Kier molecular flexibility index (Phi) is 7.01. The first-order valence-electron chi connectivity index (χ1n) is 8.79. The van der Waals surface area contributed by atoms with Crippen molar-refractivity contribution < 1.29 is 27.5 Å². The molecule has 1 atom stereocenters. The van der Waals surface area contributed by atoms with Crippen LogP contribution in [0, 0.1) is 5.92 Å². The van der Waals surface area contributed by atoms with E-state index in [4.69, 9.17) is 9.47 Å². The van der Waals surface area contributed by atoms with Crippen molar-refractivity contribution in [1.29, 1.82) is 0 Å². The van der Waals surface area contributed by atoms with Gasteiger partial charge in [0.05, 0.1) is 20.3 Å². The van der Waals surface area contributed by atoms with Crippen LogP contribution in [0.15, 0.2) is 17.2 Å². The minimum absolute atomic E-state index is 0.0375. The van der Waals surface area contributed by atoms with E-state index >= 15 is 0 Å². The molecule has 0 spiro atoms. The highest BCUT2D eigenvalue weighted by atomic mass is 32.2. The van der Waals surface area contributed by atoms with Gasteiger partial charge in [-0.15, -0.1) is 0 Å². The Balaban J connectivity index is 2.21. The van der Waals surface area contributed by atoms with Crippen molar-refractivity contribution in [3.8, 4) is 0 Å². The minimum atomic E-state index is -3.70. The summed E-state index contributed by atoms with van der Waals surface area (Å²) in [5, 5.41) is 2.64. The van der Waals surface area contributed by atoms with Crippen molar-refractivity contribution in [2.24, 2.45) is 13.0 Å². The number of morpholine rings is 1. The molecular weight excluding hydrogens is 374 g/mol. The molecule has 1 unspecified atom stereocenters. The van der Waals surface area contributed by atoms with Gasteiger partial charge in [0.1, 0.15) is 16.6 Å². The van der Waals surface area contributed by atoms with Gasteiger partial charge < -0.3 is 19.4 Å². The fourth-order valence-electron chi connectivity index (χ4n) is 2.90. The summed E-state index contributed by atoms with van der Waals surface area (Å²) in [5.74, 6) is -0.899. The number of aryl methyl sites for hydroxylation is 1. The number of hydrogen-bond acceptors (Lipinski definition) is 6. The van der Waals surface area contributed by atoms with E-state index in [-0.39, 0.29) is 29.6 Å². The smallest absolute Gasteiger partial charge is 0.328 e. The third kappa shape index (κ3) is 5.08. The summed E-state index contributed by atoms with van der Waals surface area (Å²) in [6.07, 6.45) is 1.82. The van der Waals surface area contributed by atoms with Crippen LogP contribution >= 0.6 is 0 Å². The molecule has 10 heteroatoms. The van der Waals surface area contributed by atoms with Crippen LogP contribution in [-0.4, -0.2) is 68.6 Å². The average molecular weight is 401 g/mol. The van der Waals surface area contributed by atoms with Gasteiger partial charge in [0.25, 0.3) is 5.91 Å². The second-order valence-corrected chi connectivity index (χ2v) is 8.81. The van der Waals surface area contributed by atoms with Gasteiger partial charge in [0, 0.05) is 26.3 Å². The highest BCUT2D eigenvalue weighted by molar-refractivity contribution is 7.89. The maximum absolute atomic E-state index is 12.7. The minimum Gasteiger partial charge on any atom is -0.467 e. The molecule has 1 aliphatic heterocycles. The SMILES string of the molecule is COC(=O)C(CC(C)C)NC(=O)c1cc(S(=O)(=O)N2CCOCC2)cn1C. The van der Waals surface area contributed by atoms with Gasteiger partial charge in [0.2, 0.25) is 10.0 Å². The number of amides is 1. The van der Waals surface area contributed by atoms with Crippen molar-refractivity contribution in [2.45, 2.75) is 31.2 Å². The second kappa shape index (κ2) is 8.85. The van der Waals surface area contributed by atoms with Crippen molar-refractivity contribution in [1.82, 2.24) is 14.2 Å². The van der Waals surface area contributed by atoms with E-state index in [1.807, 2.05) is 13.8 Å². The van der Waals surface area contributed by atoms with Crippen molar-refractivity contribution in [3.63, 3.8) is 0 Å². The first-order valence-corrected chi connectivity index (χ1v) is 10.2. The molecule has 1 aliphatic rings. The topological polar surface area (TPSA) is 107 Å². The van der Waals surface area contributed by atoms with Gasteiger partial charge in [-0.1, -0.05) is 13.8 Å². The molecule has 1 aromatic rings. The summed E-state index contributed by atoms with van der Waals surface area (Å²) in [4.78, 5) is 24.6. The molecule has 27 heavy (non-hydrogen) atoms. The number of methoxy groups -OCH3 is 1. The Morgan fingerprint density at radius 2 is 1.93 bits per heavy atom. The van der Waals surface area contributed by atoms with Gasteiger partial charge in [-0.05, 0) is 18.4 Å². The molecule has 0 saturated carbocycles. The molecule has 0 aliphatic carbocycles. The van der Waals surface area contributed by atoms with Crippen molar-refractivity contribution in [2.75, 3.05) is 33.4 Å². The van der Waals surface area contributed by atoms with Gasteiger partial charge in [-0.3, -0.25) is 4.79 Å². The Morgan fingerprint density at radius 3 is 2.48 bits per heavy atom. The highest BCUT2D eigenvalue weighted by Gasteiger charge is 2.30. The highest BCUT2D eigenvalue weighted by Crippen LogP contribution is 2.20. The summed E-state index contributed by atoms with van der Waals surface area (Å²) >= 11 is 0. The lowest BCUT2D eigenvalue weighted by atomic mass is 10.0. The van der Waals surface area contributed by atoms with Crippen LogP contribution in [0.2, 0.25) is 0 Å². The summed E-state index contributed by atoms with van der Waals surface area (Å²) in [5.41, 5.74) is 0.152. The van der Waals surface area contributed by atoms with Crippen LogP contribution in [0.3, 0.4) is 0 Å². The Bertz CT molecular complexity index is 781. The number of ether oxygens (including phenoxy) is 2. The standard InChI is InChI=1S/C17H27N3O6S/c1-12(2)9-14(17(22)25-4)18-16(21)15-10-13(11-19(15)3)27(23,24)20-5-7-26-8-6-20/h10-12,14H,5-9H2,1-4H3,(H,18,21). The number of rotatable bonds is 7. The molecule has 1 fully saturated rings. The number of carbonyl (C=O) groups is 2. The lowest BCUT2D eigenvalue weighted by Crippen LogP contribution is -2.42. The zero-order valence-corrected chi connectivity index (χ0v) is 16.9. The zero-order valence-electron chi connectivity index (χ0n) is 16.1. The third-order valence-corrected chi connectivity index (χ3v) is 6.18.